The summed E-state index contributed by atoms with van der Waals surface area (Å²) in [6.07, 6.45) is 2.40. The first-order valence-corrected chi connectivity index (χ1v) is 4.91. The maximum absolute atomic E-state index is 13.3. The monoisotopic (exact) mass is 256 g/mol. The van der Waals surface area contributed by atoms with Crippen LogP contribution in [0, 0.1) is 11.6 Å². The molecule has 0 aliphatic carbocycles. The molecular weight excluding hydrogens is 246 g/mol. The van der Waals surface area contributed by atoms with Crippen molar-refractivity contribution in [3.63, 3.8) is 0 Å². The molecule has 1 rings (SSSR count). The number of carbonyl (C=O) groups excluding carboxylic acids is 1. The van der Waals surface area contributed by atoms with Gasteiger partial charge in [0.2, 0.25) is 0 Å². The van der Waals surface area contributed by atoms with E-state index in [0.717, 1.165) is 6.07 Å². The maximum Gasteiger partial charge on any atom is 0.338 e. The Labute approximate surface area is 101 Å². The minimum atomic E-state index is -1.49. The van der Waals surface area contributed by atoms with Gasteiger partial charge in [-0.15, -0.1) is 0 Å². The number of carboxylic acids is 1. The number of methoxy groups -OCH3 is 1. The number of ether oxygens (including phenoxy) is 1. The summed E-state index contributed by atoms with van der Waals surface area (Å²) in [4.78, 5) is 21.4. The van der Waals surface area contributed by atoms with Crippen LogP contribution in [0.15, 0.2) is 18.2 Å². The molecule has 0 spiro atoms. The lowest BCUT2D eigenvalue weighted by atomic mass is 10.1. The predicted molar refractivity (Wildman–Crippen MR) is 59.0 cm³/mol. The SMILES string of the molecule is COC(=O)CC=Cc1cc(C(=O)O)c(F)cc1F. The molecule has 0 atom stereocenters. The molecule has 0 saturated heterocycles. The Hall–Kier alpha value is -2.24. The number of benzene rings is 1. The Bertz CT molecular complexity index is 509. The summed E-state index contributed by atoms with van der Waals surface area (Å²) < 4.78 is 30.7. The predicted octanol–water partition coefficient (Wildman–Crippen LogP) is 2.24. The summed E-state index contributed by atoms with van der Waals surface area (Å²) >= 11 is 0. The molecule has 0 amide bonds. The minimum Gasteiger partial charge on any atom is -0.478 e. The van der Waals surface area contributed by atoms with Crippen molar-refractivity contribution in [3.05, 3.63) is 41.0 Å². The van der Waals surface area contributed by atoms with Crippen LogP contribution in [-0.2, 0) is 9.53 Å². The third-order valence-electron chi connectivity index (χ3n) is 2.13. The molecule has 6 heteroatoms. The highest BCUT2D eigenvalue weighted by Crippen LogP contribution is 2.16. The summed E-state index contributed by atoms with van der Waals surface area (Å²) in [6, 6.07) is 1.35. The number of hydrogen-bond donors (Lipinski definition) is 1. The van der Waals surface area contributed by atoms with E-state index in [0.29, 0.717) is 6.07 Å². The zero-order valence-corrected chi connectivity index (χ0v) is 9.44. The van der Waals surface area contributed by atoms with Crippen LogP contribution in [0.1, 0.15) is 22.3 Å². The molecule has 0 bridgehead atoms. The highest BCUT2D eigenvalue weighted by molar-refractivity contribution is 5.88. The van der Waals surface area contributed by atoms with Crippen molar-refractivity contribution in [1.29, 1.82) is 0 Å². The molecule has 18 heavy (non-hydrogen) atoms. The molecule has 0 saturated carbocycles. The molecule has 0 unspecified atom stereocenters. The summed E-state index contributed by atoms with van der Waals surface area (Å²) in [5.74, 6) is -4.06. The van der Waals surface area contributed by atoms with Crippen LogP contribution in [0.25, 0.3) is 6.08 Å². The van der Waals surface area contributed by atoms with Crippen molar-refractivity contribution < 1.29 is 28.2 Å². The molecule has 4 nitrogen and oxygen atoms in total. The van der Waals surface area contributed by atoms with Crippen LogP contribution in [-0.4, -0.2) is 24.2 Å². The minimum absolute atomic E-state index is 0.0876. The van der Waals surface area contributed by atoms with Crippen LogP contribution in [0.4, 0.5) is 8.78 Å². The zero-order chi connectivity index (χ0) is 13.7. The fourth-order valence-electron chi connectivity index (χ4n) is 1.22. The molecule has 0 heterocycles. The smallest absolute Gasteiger partial charge is 0.338 e. The van der Waals surface area contributed by atoms with Crippen LogP contribution in [0.3, 0.4) is 0 Å². The fraction of sp³-hybridized carbons (Fsp3) is 0.167. The molecule has 96 valence electrons. The van der Waals surface area contributed by atoms with Gasteiger partial charge < -0.3 is 9.84 Å². The van der Waals surface area contributed by atoms with Gasteiger partial charge in [0.1, 0.15) is 11.6 Å². The second kappa shape index (κ2) is 5.90. The number of halogens is 2. The fourth-order valence-corrected chi connectivity index (χ4v) is 1.22. The Kier molecular flexibility index (Phi) is 4.53. The molecule has 1 N–H and O–H groups in total. The van der Waals surface area contributed by atoms with Crippen LogP contribution >= 0.6 is 0 Å². The van der Waals surface area contributed by atoms with E-state index in [-0.39, 0.29) is 12.0 Å². The van der Waals surface area contributed by atoms with Gasteiger partial charge in [-0.2, -0.15) is 0 Å². The van der Waals surface area contributed by atoms with Gasteiger partial charge >= 0.3 is 11.9 Å². The highest BCUT2D eigenvalue weighted by atomic mass is 19.1. The Morgan fingerprint density at radius 3 is 2.56 bits per heavy atom. The summed E-state index contributed by atoms with van der Waals surface area (Å²) in [5, 5.41) is 8.67. The van der Waals surface area contributed by atoms with E-state index in [9.17, 15) is 18.4 Å². The van der Waals surface area contributed by atoms with Gasteiger partial charge in [0.15, 0.2) is 0 Å². The number of hydrogen-bond acceptors (Lipinski definition) is 3. The molecule has 0 radical (unpaired) electrons. The van der Waals surface area contributed by atoms with Crippen molar-refractivity contribution in [1.82, 2.24) is 0 Å². The molecule has 1 aromatic rings. The molecule has 1 aromatic carbocycles. The highest BCUT2D eigenvalue weighted by Gasteiger charge is 2.13. The third-order valence-corrected chi connectivity index (χ3v) is 2.13. The zero-order valence-electron chi connectivity index (χ0n) is 9.44. The Morgan fingerprint density at radius 2 is 2.00 bits per heavy atom. The first kappa shape index (κ1) is 13.8. The average Bonchev–Trinajstić information content (AvgIpc) is 2.31. The lowest BCUT2D eigenvalue weighted by Crippen LogP contribution is -2.02. The van der Waals surface area contributed by atoms with Gasteiger partial charge in [0.25, 0.3) is 0 Å². The second-order valence-corrected chi connectivity index (χ2v) is 3.34. The average molecular weight is 256 g/mol. The Morgan fingerprint density at radius 1 is 1.33 bits per heavy atom. The van der Waals surface area contributed by atoms with E-state index in [2.05, 4.69) is 4.74 Å². The van der Waals surface area contributed by atoms with E-state index in [4.69, 9.17) is 5.11 Å². The van der Waals surface area contributed by atoms with Gasteiger partial charge in [-0.05, 0) is 6.07 Å². The Balaban J connectivity index is 2.99. The largest absolute Gasteiger partial charge is 0.478 e. The number of carboxylic acid groups (broad SMARTS) is 1. The van der Waals surface area contributed by atoms with Crippen LogP contribution < -0.4 is 0 Å². The third kappa shape index (κ3) is 3.38. The van der Waals surface area contributed by atoms with E-state index >= 15 is 0 Å². The first-order valence-electron chi connectivity index (χ1n) is 4.91. The van der Waals surface area contributed by atoms with Crippen molar-refractivity contribution in [2.75, 3.05) is 7.11 Å². The number of carbonyl (C=O) groups is 2. The molecular formula is C12H10F2O4. The van der Waals surface area contributed by atoms with Crippen LogP contribution in [0.5, 0.6) is 0 Å². The number of rotatable bonds is 4. The van der Waals surface area contributed by atoms with Crippen LogP contribution in [0.2, 0.25) is 0 Å². The van der Waals surface area contributed by atoms with E-state index in [1.165, 1.54) is 19.3 Å². The van der Waals surface area contributed by atoms with Crippen molar-refractivity contribution in [2.24, 2.45) is 0 Å². The summed E-state index contributed by atoms with van der Waals surface area (Å²) in [5.41, 5.74) is -0.744. The van der Waals surface area contributed by atoms with Gasteiger partial charge in [0, 0.05) is 11.6 Å². The summed E-state index contributed by atoms with van der Waals surface area (Å²) in [6.45, 7) is 0. The lowest BCUT2D eigenvalue weighted by molar-refractivity contribution is -0.139. The van der Waals surface area contributed by atoms with Crippen molar-refractivity contribution in [3.8, 4) is 0 Å². The first-order chi connectivity index (χ1) is 8.45. The lowest BCUT2D eigenvalue weighted by Gasteiger charge is -2.01. The molecule has 0 fully saturated rings. The molecule has 0 aliphatic heterocycles. The van der Waals surface area contributed by atoms with Gasteiger partial charge in [-0.3, -0.25) is 4.79 Å². The topological polar surface area (TPSA) is 63.6 Å². The number of esters is 1. The van der Waals surface area contributed by atoms with Crippen molar-refractivity contribution >= 4 is 18.0 Å². The van der Waals surface area contributed by atoms with E-state index in [1.54, 1.807) is 0 Å². The number of aromatic carboxylic acids is 1. The van der Waals surface area contributed by atoms with E-state index in [1.807, 2.05) is 0 Å². The van der Waals surface area contributed by atoms with Gasteiger partial charge in [-0.1, -0.05) is 12.2 Å². The molecule has 0 aliphatic rings. The summed E-state index contributed by atoms with van der Waals surface area (Å²) in [7, 11) is 1.21. The normalized spacial score (nSPS) is 10.6. The molecule has 0 aromatic heterocycles. The van der Waals surface area contributed by atoms with E-state index < -0.39 is 29.1 Å². The van der Waals surface area contributed by atoms with Gasteiger partial charge in [-0.25, -0.2) is 13.6 Å². The van der Waals surface area contributed by atoms with Crippen molar-refractivity contribution in [2.45, 2.75) is 6.42 Å². The van der Waals surface area contributed by atoms with Gasteiger partial charge in [0.05, 0.1) is 19.1 Å². The second-order valence-electron chi connectivity index (χ2n) is 3.34. The quantitative estimate of drug-likeness (QED) is 0.839. The standard InChI is InChI=1S/C12H10F2O4/c1-18-11(15)4-2-3-7-5-8(12(16)17)10(14)6-9(7)13/h2-3,5-6H,4H2,1H3,(H,16,17). The maximum atomic E-state index is 13.3.